The van der Waals surface area contributed by atoms with E-state index in [-0.39, 0.29) is 6.04 Å². The van der Waals surface area contributed by atoms with Gasteiger partial charge in [-0.05, 0) is 38.5 Å². The Labute approximate surface area is 137 Å². The molecule has 0 radical (unpaired) electrons. The van der Waals surface area contributed by atoms with Crippen molar-refractivity contribution in [2.75, 3.05) is 5.32 Å². The maximum Gasteiger partial charge on any atom is 0.160 e. The van der Waals surface area contributed by atoms with E-state index >= 15 is 0 Å². The quantitative estimate of drug-likeness (QED) is 0.624. The zero-order valence-electron chi connectivity index (χ0n) is 13.1. The maximum atomic E-state index is 4.44. The van der Waals surface area contributed by atoms with Crippen LogP contribution in [0.5, 0.6) is 0 Å². The third-order valence-corrected chi connectivity index (χ3v) is 5.16. The first-order valence-electron chi connectivity index (χ1n) is 7.42. The molecule has 0 bridgehead atoms. The molecule has 23 heavy (non-hydrogen) atoms. The van der Waals surface area contributed by atoms with Crippen molar-refractivity contribution in [1.82, 2.24) is 24.6 Å². The fourth-order valence-corrected chi connectivity index (χ4v) is 3.71. The van der Waals surface area contributed by atoms with E-state index in [1.54, 1.807) is 17.7 Å². The van der Waals surface area contributed by atoms with Gasteiger partial charge >= 0.3 is 0 Å². The van der Waals surface area contributed by atoms with Gasteiger partial charge in [-0.2, -0.15) is 0 Å². The number of nitrogens with one attached hydrogen (secondary N) is 1. The van der Waals surface area contributed by atoms with Gasteiger partial charge in [-0.25, -0.2) is 9.97 Å². The summed E-state index contributed by atoms with van der Waals surface area (Å²) < 4.78 is 1.99. The molecule has 0 aliphatic heterocycles. The van der Waals surface area contributed by atoms with Crippen molar-refractivity contribution < 1.29 is 0 Å². The first-order valence-corrected chi connectivity index (χ1v) is 8.23. The summed E-state index contributed by atoms with van der Waals surface area (Å²) in [5.74, 6) is 1.70. The molecule has 6 nitrogen and oxygen atoms in total. The minimum absolute atomic E-state index is 0.0230. The fourth-order valence-electron chi connectivity index (χ4n) is 2.72. The highest BCUT2D eigenvalue weighted by Gasteiger charge is 2.17. The van der Waals surface area contributed by atoms with E-state index in [4.69, 9.17) is 0 Å². The van der Waals surface area contributed by atoms with Crippen LogP contribution in [0, 0.1) is 13.8 Å². The van der Waals surface area contributed by atoms with Crippen LogP contribution in [0.2, 0.25) is 0 Å². The van der Waals surface area contributed by atoms with Gasteiger partial charge < -0.3 is 5.32 Å². The first kappa shape index (κ1) is 14.1. The Hall–Kier alpha value is -2.54. The second kappa shape index (κ2) is 5.27. The number of anilines is 1. The summed E-state index contributed by atoms with van der Waals surface area (Å²) >= 11 is 1.70. The van der Waals surface area contributed by atoms with Gasteiger partial charge in [0, 0.05) is 11.1 Å². The van der Waals surface area contributed by atoms with Crippen LogP contribution in [-0.2, 0) is 0 Å². The van der Waals surface area contributed by atoms with Gasteiger partial charge in [-0.1, -0.05) is 6.07 Å². The largest absolute Gasteiger partial charge is 0.360 e. The molecule has 0 aromatic carbocycles. The Morgan fingerprint density at radius 1 is 1.17 bits per heavy atom. The molecule has 1 atom stereocenters. The highest BCUT2D eigenvalue weighted by atomic mass is 32.1. The van der Waals surface area contributed by atoms with Crippen LogP contribution in [0.1, 0.15) is 29.2 Å². The van der Waals surface area contributed by atoms with Crippen molar-refractivity contribution in [2.45, 2.75) is 26.8 Å². The molecule has 0 saturated carbocycles. The molecular formula is C16H16N6S. The van der Waals surface area contributed by atoms with Crippen LogP contribution < -0.4 is 5.32 Å². The highest BCUT2D eigenvalue weighted by molar-refractivity contribution is 7.18. The van der Waals surface area contributed by atoms with E-state index in [0.717, 1.165) is 27.5 Å². The number of nitrogens with zero attached hydrogens (tertiary/aromatic N) is 5. The molecular weight excluding hydrogens is 308 g/mol. The molecule has 4 heterocycles. The van der Waals surface area contributed by atoms with Crippen molar-refractivity contribution in [1.29, 1.82) is 0 Å². The second-order valence-corrected chi connectivity index (χ2v) is 6.74. The van der Waals surface area contributed by atoms with Crippen LogP contribution in [0.3, 0.4) is 0 Å². The van der Waals surface area contributed by atoms with Crippen LogP contribution in [0.4, 0.5) is 5.82 Å². The lowest BCUT2D eigenvalue weighted by Gasteiger charge is -2.14. The molecule has 0 saturated heterocycles. The van der Waals surface area contributed by atoms with Gasteiger partial charge in [0.2, 0.25) is 0 Å². The molecule has 1 N–H and O–H groups in total. The number of fused-ring (bicyclic) bond motifs is 2. The van der Waals surface area contributed by atoms with Crippen molar-refractivity contribution in [3.8, 4) is 0 Å². The summed E-state index contributed by atoms with van der Waals surface area (Å²) in [6.45, 7) is 6.28. The van der Waals surface area contributed by atoms with Gasteiger partial charge in [0.1, 0.15) is 17.0 Å². The molecule has 0 spiro atoms. The average Bonchev–Trinajstić information content (AvgIpc) is 3.10. The van der Waals surface area contributed by atoms with Gasteiger partial charge in [0.25, 0.3) is 0 Å². The number of rotatable bonds is 3. The molecule has 116 valence electrons. The van der Waals surface area contributed by atoms with Crippen molar-refractivity contribution in [2.24, 2.45) is 0 Å². The van der Waals surface area contributed by atoms with E-state index in [1.165, 1.54) is 10.4 Å². The maximum absolute atomic E-state index is 4.44. The van der Waals surface area contributed by atoms with Crippen LogP contribution >= 0.6 is 11.3 Å². The molecule has 7 heteroatoms. The standard InChI is InChI=1S/C16H16N6S/c1-9-11(3)23-16-13(9)14(17-8-18-16)19-10(2)15-21-20-12-6-4-5-7-22(12)15/h4-8,10H,1-3H3,(H,17,18,19). The number of thiophene rings is 1. The van der Waals surface area contributed by atoms with E-state index in [1.807, 2.05) is 28.8 Å². The second-order valence-electron chi connectivity index (χ2n) is 5.54. The summed E-state index contributed by atoms with van der Waals surface area (Å²) in [5.41, 5.74) is 2.07. The third-order valence-electron chi connectivity index (χ3n) is 4.05. The smallest absolute Gasteiger partial charge is 0.160 e. The van der Waals surface area contributed by atoms with Crippen molar-refractivity contribution in [3.05, 3.63) is 47.0 Å². The minimum Gasteiger partial charge on any atom is -0.360 e. The van der Waals surface area contributed by atoms with E-state index < -0.39 is 0 Å². The van der Waals surface area contributed by atoms with Gasteiger partial charge in [-0.15, -0.1) is 21.5 Å². The van der Waals surface area contributed by atoms with E-state index in [9.17, 15) is 0 Å². The predicted octanol–water partition coefficient (Wildman–Crippen LogP) is 3.52. The Morgan fingerprint density at radius 3 is 2.91 bits per heavy atom. The molecule has 4 rings (SSSR count). The first-order chi connectivity index (χ1) is 11.1. The number of hydrogen-bond acceptors (Lipinski definition) is 6. The Kier molecular flexibility index (Phi) is 3.23. The summed E-state index contributed by atoms with van der Waals surface area (Å²) in [5, 5.41) is 13.1. The van der Waals surface area contributed by atoms with E-state index in [2.05, 4.69) is 46.3 Å². The summed E-state index contributed by atoms with van der Waals surface area (Å²) in [6.07, 6.45) is 3.58. The fraction of sp³-hybridized carbons (Fsp3) is 0.250. The zero-order valence-corrected chi connectivity index (χ0v) is 13.9. The number of aromatic nitrogens is 5. The predicted molar refractivity (Wildman–Crippen MR) is 91.9 cm³/mol. The van der Waals surface area contributed by atoms with Crippen LogP contribution in [0.25, 0.3) is 15.9 Å². The SMILES string of the molecule is Cc1sc2ncnc(NC(C)c3nnc4ccccn34)c2c1C. The summed E-state index contributed by atoms with van der Waals surface area (Å²) in [6, 6.07) is 5.85. The number of aryl methyl sites for hydroxylation is 2. The lowest BCUT2D eigenvalue weighted by Crippen LogP contribution is -2.12. The highest BCUT2D eigenvalue weighted by Crippen LogP contribution is 2.33. The monoisotopic (exact) mass is 324 g/mol. The number of pyridine rings is 1. The molecule has 4 aromatic rings. The Morgan fingerprint density at radius 2 is 2.04 bits per heavy atom. The van der Waals surface area contributed by atoms with Crippen LogP contribution in [-0.4, -0.2) is 24.6 Å². The average molecular weight is 324 g/mol. The molecule has 0 aliphatic rings. The topological polar surface area (TPSA) is 68.0 Å². The third kappa shape index (κ3) is 2.24. The van der Waals surface area contributed by atoms with Gasteiger partial charge in [0.05, 0.1) is 11.4 Å². The lowest BCUT2D eigenvalue weighted by molar-refractivity contribution is 0.769. The normalized spacial score (nSPS) is 12.8. The Balaban J connectivity index is 1.76. The van der Waals surface area contributed by atoms with Crippen LogP contribution in [0.15, 0.2) is 30.7 Å². The molecule has 0 fully saturated rings. The van der Waals surface area contributed by atoms with Crippen molar-refractivity contribution in [3.63, 3.8) is 0 Å². The molecule has 1 unspecified atom stereocenters. The Bertz CT molecular complexity index is 1000. The van der Waals surface area contributed by atoms with Gasteiger partial charge in [0.15, 0.2) is 11.5 Å². The van der Waals surface area contributed by atoms with Crippen molar-refractivity contribution >= 4 is 33.0 Å². The molecule has 4 aromatic heterocycles. The molecule has 0 aliphatic carbocycles. The number of hydrogen-bond donors (Lipinski definition) is 1. The summed E-state index contributed by atoms with van der Waals surface area (Å²) in [4.78, 5) is 11.1. The van der Waals surface area contributed by atoms with E-state index in [0.29, 0.717) is 0 Å². The molecule has 0 amide bonds. The minimum atomic E-state index is -0.0230. The summed E-state index contributed by atoms with van der Waals surface area (Å²) in [7, 11) is 0. The zero-order chi connectivity index (χ0) is 16.0. The lowest BCUT2D eigenvalue weighted by atomic mass is 10.2. The van der Waals surface area contributed by atoms with Gasteiger partial charge in [-0.3, -0.25) is 4.40 Å².